The van der Waals surface area contributed by atoms with Crippen molar-refractivity contribution in [2.24, 2.45) is 5.92 Å². The zero-order valence-corrected chi connectivity index (χ0v) is 23.2. The maximum absolute atomic E-state index is 12.9. The molecule has 0 spiro atoms. The maximum atomic E-state index is 12.9. The zero-order valence-electron chi connectivity index (χ0n) is 22.4. The summed E-state index contributed by atoms with van der Waals surface area (Å²) in [6, 6.07) is 15.6. The van der Waals surface area contributed by atoms with Crippen molar-refractivity contribution in [1.82, 2.24) is 24.3 Å². The lowest BCUT2D eigenvalue weighted by Gasteiger charge is -2.10. The lowest BCUT2D eigenvalue weighted by molar-refractivity contribution is -0.117. The number of rotatable bonds is 9. The number of halogens is 1. The van der Waals surface area contributed by atoms with Crippen LogP contribution in [0, 0.1) is 5.92 Å². The summed E-state index contributed by atoms with van der Waals surface area (Å²) in [6.45, 7) is 0.452. The molecule has 0 bridgehead atoms. The van der Waals surface area contributed by atoms with Crippen molar-refractivity contribution < 1.29 is 9.53 Å². The molecular weight excluding hydrogens is 538 g/mol. The molecule has 2 saturated carbocycles. The molecule has 10 heteroatoms. The van der Waals surface area contributed by atoms with Crippen LogP contribution in [-0.4, -0.2) is 37.4 Å². The Morgan fingerprint density at radius 1 is 1.02 bits per heavy atom. The highest BCUT2D eigenvalue weighted by Gasteiger charge is 2.44. The largest absolute Gasteiger partial charge is 0.481 e. The molecule has 1 amide bonds. The van der Waals surface area contributed by atoms with E-state index < -0.39 is 0 Å². The van der Waals surface area contributed by atoms with Gasteiger partial charge in [-0.2, -0.15) is 0 Å². The number of pyridine rings is 2. The summed E-state index contributed by atoms with van der Waals surface area (Å²) in [6.07, 6.45) is 10.6. The number of fused-ring (bicyclic) bond motifs is 1. The number of hydrogen-bond acceptors (Lipinski definition) is 7. The minimum Gasteiger partial charge on any atom is -0.481 e. The molecule has 0 aliphatic heterocycles. The number of anilines is 2. The monoisotopic (exact) mass is 565 g/mol. The number of benzene rings is 1. The van der Waals surface area contributed by atoms with Crippen LogP contribution in [0.3, 0.4) is 0 Å². The van der Waals surface area contributed by atoms with Gasteiger partial charge in [0.15, 0.2) is 0 Å². The van der Waals surface area contributed by atoms with E-state index in [1.54, 1.807) is 19.4 Å². The first kappa shape index (κ1) is 25.5. The molecule has 2 aliphatic rings. The third-order valence-corrected chi connectivity index (χ3v) is 7.93. The highest BCUT2D eigenvalue weighted by Crippen LogP contribution is 2.48. The molecule has 0 unspecified atom stereocenters. The Labute approximate surface area is 242 Å². The number of imidazole rings is 1. The average Bonchev–Trinajstić information content (AvgIpc) is 3.92. The second kappa shape index (κ2) is 10.5. The van der Waals surface area contributed by atoms with Gasteiger partial charge in [0.05, 0.1) is 19.3 Å². The SMILES string of the molecule is COc1ncccc1-c1cc(C2CC2)cn2cc(CNc3cc(NC(=O)[C@H]4C[C@@H]4c4cccc(Cl)c4)ncn3)nc12. The van der Waals surface area contributed by atoms with Crippen molar-refractivity contribution >= 4 is 34.8 Å². The van der Waals surface area contributed by atoms with Gasteiger partial charge in [0.25, 0.3) is 0 Å². The minimum absolute atomic E-state index is 0.0511. The Morgan fingerprint density at radius 2 is 1.90 bits per heavy atom. The van der Waals surface area contributed by atoms with E-state index in [0.29, 0.717) is 35.0 Å². The van der Waals surface area contributed by atoms with Crippen LogP contribution >= 0.6 is 11.6 Å². The molecule has 206 valence electrons. The second-order valence-electron chi connectivity index (χ2n) is 10.6. The van der Waals surface area contributed by atoms with Crippen LogP contribution < -0.4 is 15.4 Å². The Morgan fingerprint density at radius 3 is 2.73 bits per heavy atom. The van der Waals surface area contributed by atoms with Gasteiger partial charge < -0.3 is 19.8 Å². The van der Waals surface area contributed by atoms with Crippen LogP contribution in [0.2, 0.25) is 5.02 Å². The fraction of sp³-hybridized carbons (Fsp3) is 0.258. The van der Waals surface area contributed by atoms with E-state index in [-0.39, 0.29) is 17.7 Å². The quantitative estimate of drug-likeness (QED) is 0.223. The molecule has 0 radical (unpaired) electrons. The van der Waals surface area contributed by atoms with Gasteiger partial charge in [0.2, 0.25) is 11.8 Å². The van der Waals surface area contributed by atoms with Crippen LogP contribution in [-0.2, 0) is 11.3 Å². The first-order valence-electron chi connectivity index (χ1n) is 13.7. The van der Waals surface area contributed by atoms with Crippen LogP contribution in [0.25, 0.3) is 16.8 Å². The average molecular weight is 566 g/mol. The van der Waals surface area contributed by atoms with E-state index in [0.717, 1.165) is 34.5 Å². The molecule has 2 N–H and O–H groups in total. The summed E-state index contributed by atoms with van der Waals surface area (Å²) in [7, 11) is 1.63. The molecule has 2 fully saturated rings. The topological polar surface area (TPSA) is 106 Å². The van der Waals surface area contributed by atoms with Crippen LogP contribution in [0.4, 0.5) is 11.6 Å². The Balaban J connectivity index is 1.07. The van der Waals surface area contributed by atoms with Crippen LogP contribution in [0.1, 0.15) is 47.9 Å². The summed E-state index contributed by atoms with van der Waals surface area (Å²) in [5, 5.41) is 6.94. The van der Waals surface area contributed by atoms with Gasteiger partial charge in [-0.3, -0.25) is 4.79 Å². The number of methoxy groups -OCH3 is 1. The number of amides is 1. The molecule has 2 atom stereocenters. The summed E-state index contributed by atoms with van der Waals surface area (Å²) in [4.78, 5) is 30.8. The highest BCUT2D eigenvalue weighted by molar-refractivity contribution is 6.30. The molecule has 4 aromatic heterocycles. The summed E-state index contributed by atoms with van der Waals surface area (Å²) >= 11 is 6.12. The number of carbonyl (C=O) groups excluding carboxylic acids is 1. The number of hydrogen-bond donors (Lipinski definition) is 2. The predicted molar refractivity (Wildman–Crippen MR) is 157 cm³/mol. The summed E-state index contributed by atoms with van der Waals surface area (Å²) in [5.41, 5.74) is 5.98. The second-order valence-corrected chi connectivity index (χ2v) is 11.1. The third-order valence-electron chi connectivity index (χ3n) is 7.70. The number of ether oxygens (including phenoxy) is 1. The van der Waals surface area contributed by atoms with Crippen molar-refractivity contribution in [3.05, 3.63) is 95.3 Å². The smallest absolute Gasteiger partial charge is 0.229 e. The molecule has 9 nitrogen and oxygen atoms in total. The van der Waals surface area contributed by atoms with Crippen molar-refractivity contribution in [1.29, 1.82) is 0 Å². The van der Waals surface area contributed by atoms with E-state index in [2.05, 4.69) is 42.2 Å². The van der Waals surface area contributed by atoms with E-state index in [4.69, 9.17) is 21.3 Å². The molecule has 2 aliphatic carbocycles. The van der Waals surface area contributed by atoms with E-state index in [9.17, 15) is 4.79 Å². The van der Waals surface area contributed by atoms with Gasteiger partial charge in [0, 0.05) is 46.7 Å². The van der Waals surface area contributed by atoms with Crippen molar-refractivity contribution in [2.75, 3.05) is 17.7 Å². The van der Waals surface area contributed by atoms with Gasteiger partial charge in [-0.1, -0.05) is 23.7 Å². The standard InChI is InChI=1S/C31H28ClN7O2/c1-41-31-23(6-3-9-33-31)25-11-20(18-7-8-18)15-39-16-22(37-29(25)39)14-34-27-13-28(36-17-35-27)38-30(40)26-12-24(26)19-4-2-5-21(32)10-19/h2-6,9-11,13,15-18,24,26H,7-8,12,14H2,1H3,(H2,34,35,36,38,40)/t24-,26+/m1/s1. The fourth-order valence-corrected chi connectivity index (χ4v) is 5.56. The van der Waals surface area contributed by atoms with E-state index in [1.807, 2.05) is 42.6 Å². The molecule has 41 heavy (non-hydrogen) atoms. The maximum Gasteiger partial charge on any atom is 0.229 e. The lowest BCUT2D eigenvalue weighted by atomic mass is 10.0. The summed E-state index contributed by atoms with van der Waals surface area (Å²) in [5.74, 6) is 2.25. The normalized spacial score (nSPS) is 17.8. The van der Waals surface area contributed by atoms with Crippen molar-refractivity contribution in [3.63, 3.8) is 0 Å². The fourth-order valence-electron chi connectivity index (χ4n) is 5.37. The number of aromatic nitrogens is 5. The van der Waals surface area contributed by atoms with Crippen molar-refractivity contribution in [2.45, 2.75) is 37.6 Å². The minimum atomic E-state index is -0.0917. The first-order chi connectivity index (χ1) is 20.1. The number of nitrogens with one attached hydrogen (secondary N) is 2. The number of nitrogens with zero attached hydrogens (tertiary/aromatic N) is 5. The van der Waals surface area contributed by atoms with Gasteiger partial charge in [-0.25, -0.2) is 19.9 Å². The van der Waals surface area contributed by atoms with Crippen molar-refractivity contribution in [3.8, 4) is 17.0 Å². The van der Waals surface area contributed by atoms with Crippen LogP contribution in [0.15, 0.2) is 73.4 Å². The van der Waals surface area contributed by atoms with E-state index >= 15 is 0 Å². The third kappa shape index (κ3) is 5.32. The molecule has 0 saturated heterocycles. The molecule has 5 aromatic rings. The Bertz CT molecular complexity index is 1770. The summed E-state index contributed by atoms with van der Waals surface area (Å²) < 4.78 is 7.64. The number of carbonyl (C=O) groups is 1. The van der Waals surface area contributed by atoms with Crippen LogP contribution in [0.5, 0.6) is 5.88 Å². The van der Waals surface area contributed by atoms with E-state index in [1.165, 1.54) is 24.7 Å². The van der Waals surface area contributed by atoms with Gasteiger partial charge in [0.1, 0.15) is 23.6 Å². The molecular formula is C31H28ClN7O2. The highest BCUT2D eigenvalue weighted by atomic mass is 35.5. The predicted octanol–water partition coefficient (Wildman–Crippen LogP) is 6.08. The lowest BCUT2D eigenvalue weighted by Crippen LogP contribution is -2.16. The molecule has 1 aromatic carbocycles. The molecule has 7 rings (SSSR count). The van der Waals surface area contributed by atoms with Gasteiger partial charge >= 0.3 is 0 Å². The molecule has 4 heterocycles. The van der Waals surface area contributed by atoms with Gasteiger partial charge in [-0.05, 0) is 72.6 Å². The Kier molecular flexibility index (Phi) is 6.51. The first-order valence-corrected chi connectivity index (χ1v) is 14.1. The Hall–Kier alpha value is -4.50. The van der Waals surface area contributed by atoms with Gasteiger partial charge in [-0.15, -0.1) is 0 Å². The zero-order chi connectivity index (χ0) is 27.9.